The Labute approximate surface area is 337 Å². The van der Waals surface area contributed by atoms with Gasteiger partial charge in [0.1, 0.15) is 18.8 Å². The molecule has 59 heavy (non-hydrogen) atoms. The molecule has 0 saturated carbocycles. The highest BCUT2D eigenvalue weighted by Crippen LogP contribution is 2.35. The minimum absolute atomic E-state index is 0.0493. The predicted molar refractivity (Wildman–Crippen MR) is 200 cm³/mol. The first-order chi connectivity index (χ1) is 28.5. The SMILES string of the molecule is CC(=O)O[C@@H]1[C@@H](O[C@@H]2O[C@H](COC(=O)c3ccccc3)[C@H](OC(=O)c3ccccc3)[C@H](OC(=O)c3ccccc3)[C@H]2OC(=O)c2ccccc2)[C@H](OC(C)=O)CO[C@H]1O. The Hall–Kier alpha value is -6.46. The van der Waals surface area contributed by atoms with Gasteiger partial charge in [-0.15, -0.1) is 0 Å². The summed E-state index contributed by atoms with van der Waals surface area (Å²) in [5, 5.41) is 10.9. The van der Waals surface area contributed by atoms with E-state index in [1.165, 1.54) is 48.5 Å². The van der Waals surface area contributed by atoms with E-state index in [1.54, 1.807) is 72.8 Å². The molecule has 0 aromatic heterocycles. The molecule has 0 spiro atoms. The molecule has 4 aromatic rings. The Morgan fingerprint density at radius 1 is 0.525 bits per heavy atom. The van der Waals surface area contributed by atoms with Crippen LogP contribution in [0.2, 0.25) is 0 Å². The number of carbonyl (C=O) groups is 6. The maximum atomic E-state index is 13.9. The summed E-state index contributed by atoms with van der Waals surface area (Å²) in [5.41, 5.74) is 0.359. The van der Waals surface area contributed by atoms with Crippen molar-refractivity contribution in [1.29, 1.82) is 0 Å². The Kier molecular flexibility index (Phi) is 14.1. The van der Waals surface area contributed by atoms with E-state index in [2.05, 4.69) is 0 Å². The van der Waals surface area contributed by atoms with Gasteiger partial charge >= 0.3 is 35.8 Å². The number of carbonyl (C=O) groups excluding carboxylic acids is 6. The Bertz CT molecular complexity index is 2060. The second-order valence-electron chi connectivity index (χ2n) is 13.3. The Balaban J connectivity index is 1.47. The van der Waals surface area contributed by atoms with Crippen LogP contribution in [0, 0.1) is 0 Å². The van der Waals surface area contributed by atoms with Crippen LogP contribution in [0.25, 0.3) is 0 Å². The fourth-order valence-corrected chi connectivity index (χ4v) is 6.34. The third-order valence-corrected chi connectivity index (χ3v) is 9.05. The van der Waals surface area contributed by atoms with Crippen LogP contribution in [-0.2, 0) is 52.2 Å². The maximum Gasteiger partial charge on any atom is 0.338 e. The number of hydrogen-bond donors (Lipinski definition) is 1. The van der Waals surface area contributed by atoms with Gasteiger partial charge in [-0.2, -0.15) is 0 Å². The Morgan fingerprint density at radius 2 is 0.949 bits per heavy atom. The molecule has 2 fully saturated rings. The summed E-state index contributed by atoms with van der Waals surface area (Å²) in [7, 11) is 0. The lowest BCUT2D eigenvalue weighted by Crippen LogP contribution is -2.66. The van der Waals surface area contributed by atoms with Crippen LogP contribution in [-0.4, -0.2) is 109 Å². The van der Waals surface area contributed by atoms with Crippen LogP contribution in [0.5, 0.6) is 0 Å². The monoisotopic (exact) mass is 812 g/mol. The van der Waals surface area contributed by atoms with Gasteiger partial charge in [0.25, 0.3) is 0 Å². The van der Waals surface area contributed by atoms with Gasteiger partial charge in [-0.3, -0.25) is 9.59 Å². The molecule has 2 heterocycles. The van der Waals surface area contributed by atoms with Crippen molar-refractivity contribution in [3.05, 3.63) is 144 Å². The molecule has 2 saturated heterocycles. The molecule has 0 bridgehead atoms. The van der Waals surface area contributed by atoms with E-state index < -0.39 is 104 Å². The number of aliphatic hydroxyl groups excluding tert-OH is 1. The van der Waals surface area contributed by atoms with Crippen LogP contribution < -0.4 is 0 Å². The van der Waals surface area contributed by atoms with Crippen LogP contribution in [0.3, 0.4) is 0 Å². The van der Waals surface area contributed by atoms with Crippen LogP contribution in [0.1, 0.15) is 55.3 Å². The number of aliphatic hydroxyl groups is 1. The van der Waals surface area contributed by atoms with Crippen molar-refractivity contribution < 1.29 is 76.5 Å². The molecule has 9 atom stereocenters. The van der Waals surface area contributed by atoms with Crippen molar-refractivity contribution in [3.8, 4) is 0 Å². The lowest BCUT2D eigenvalue weighted by atomic mass is 9.97. The second-order valence-corrected chi connectivity index (χ2v) is 13.3. The summed E-state index contributed by atoms with van der Waals surface area (Å²) in [5.74, 6) is -5.29. The molecule has 6 rings (SSSR count). The van der Waals surface area contributed by atoms with E-state index in [4.69, 9.17) is 42.6 Å². The molecule has 0 unspecified atom stereocenters. The molecular formula is C43H40O16. The van der Waals surface area contributed by atoms with Gasteiger partial charge in [-0.05, 0) is 48.5 Å². The minimum Gasteiger partial charge on any atom is -0.459 e. The second kappa shape index (κ2) is 19.8. The number of hydrogen-bond acceptors (Lipinski definition) is 16. The zero-order chi connectivity index (χ0) is 41.9. The number of esters is 6. The summed E-state index contributed by atoms with van der Waals surface area (Å²) in [6.45, 7) is 1.05. The van der Waals surface area contributed by atoms with Crippen molar-refractivity contribution in [1.82, 2.24) is 0 Å². The lowest BCUT2D eigenvalue weighted by molar-refractivity contribution is -0.344. The molecule has 308 valence electrons. The van der Waals surface area contributed by atoms with E-state index in [-0.39, 0.29) is 22.3 Å². The Morgan fingerprint density at radius 3 is 1.41 bits per heavy atom. The molecule has 16 nitrogen and oxygen atoms in total. The highest BCUT2D eigenvalue weighted by Gasteiger charge is 2.56. The third-order valence-electron chi connectivity index (χ3n) is 9.05. The van der Waals surface area contributed by atoms with Gasteiger partial charge in [0.15, 0.2) is 43.1 Å². The van der Waals surface area contributed by atoms with E-state index in [1.807, 2.05) is 0 Å². The minimum atomic E-state index is -1.88. The fraction of sp³-hybridized carbons (Fsp3) is 0.302. The first-order valence-corrected chi connectivity index (χ1v) is 18.4. The highest BCUT2D eigenvalue weighted by atomic mass is 16.8. The van der Waals surface area contributed by atoms with Crippen molar-refractivity contribution in [2.45, 2.75) is 69.2 Å². The number of benzene rings is 4. The average molecular weight is 813 g/mol. The van der Waals surface area contributed by atoms with Gasteiger partial charge < -0.3 is 47.7 Å². The zero-order valence-corrected chi connectivity index (χ0v) is 31.7. The average Bonchev–Trinajstić information content (AvgIpc) is 3.25. The largest absolute Gasteiger partial charge is 0.459 e. The van der Waals surface area contributed by atoms with Crippen LogP contribution >= 0.6 is 0 Å². The van der Waals surface area contributed by atoms with E-state index in [9.17, 15) is 33.9 Å². The maximum absolute atomic E-state index is 13.9. The molecule has 2 aliphatic heterocycles. The summed E-state index contributed by atoms with van der Waals surface area (Å²) < 4.78 is 52.7. The third kappa shape index (κ3) is 10.9. The highest BCUT2D eigenvalue weighted by molar-refractivity contribution is 5.91. The molecule has 4 aromatic carbocycles. The van der Waals surface area contributed by atoms with Gasteiger partial charge in [-0.1, -0.05) is 72.8 Å². The predicted octanol–water partition coefficient (Wildman–Crippen LogP) is 3.84. The van der Waals surface area contributed by atoms with Crippen molar-refractivity contribution in [2.24, 2.45) is 0 Å². The molecule has 0 amide bonds. The van der Waals surface area contributed by atoms with Crippen molar-refractivity contribution in [3.63, 3.8) is 0 Å². The smallest absolute Gasteiger partial charge is 0.338 e. The van der Waals surface area contributed by atoms with Crippen molar-refractivity contribution in [2.75, 3.05) is 13.2 Å². The fourth-order valence-electron chi connectivity index (χ4n) is 6.34. The molecule has 1 N–H and O–H groups in total. The first-order valence-electron chi connectivity index (χ1n) is 18.4. The van der Waals surface area contributed by atoms with Gasteiger partial charge in [0.2, 0.25) is 0 Å². The summed E-state index contributed by atoms with van der Waals surface area (Å²) in [6.07, 6.45) is -15.1. The van der Waals surface area contributed by atoms with Gasteiger partial charge in [0.05, 0.1) is 28.9 Å². The van der Waals surface area contributed by atoms with Gasteiger partial charge in [0, 0.05) is 13.8 Å². The van der Waals surface area contributed by atoms with E-state index >= 15 is 0 Å². The standard InChI is InChI=1S/C43H40O16/c1-25(44)53-31-23-52-42(50)36(54-26(2)45)34(31)59-43-37(58-41(49)30-21-13-6-14-22-30)35(57-40(48)29-19-11-5-12-20-29)33(56-39(47)28-17-9-4-10-18-28)32(55-43)24-51-38(46)27-15-7-3-8-16-27/h3-22,31-37,42-43,50H,23-24H2,1-2H3/t31-,32-,33+,34+,35+,36-,37-,42-,43+/m1/s1. The first kappa shape index (κ1) is 42.2. The zero-order valence-electron chi connectivity index (χ0n) is 31.7. The molecule has 2 aliphatic rings. The van der Waals surface area contributed by atoms with Crippen LogP contribution in [0.4, 0.5) is 0 Å². The summed E-state index contributed by atoms with van der Waals surface area (Å²) >= 11 is 0. The molecule has 0 aliphatic carbocycles. The summed E-state index contributed by atoms with van der Waals surface area (Å²) in [4.78, 5) is 79.4. The number of ether oxygens (including phenoxy) is 9. The van der Waals surface area contributed by atoms with E-state index in [0.717, 1.165) is 13.8 Å². The molecular weight excluding hydrogens is 772 g/mol. The summed E-state index contributed by atoms with van der Waals surface area (Å²) in [6, 6.07) is 31.2. The molecule has 16 heteroatoms. The lowest BCUT2D eigenvalue weighted by Gasteiger charge is -2.47. The number of rotatable bonds is 13. The normalized spacial score (nSPS) is 25.0. The molecule has 0 radical (unpaired) electrons. The quantitative estimate of drug-likeness (QED) is 0.150. The van der Waals surface area contributed by atoms with E-state index in [0.29, 0.717) is 0 Å². The van der Waals surface area contributed by atoms with Crippen molar-refractivity contribution >= 4 is 35.8 Å². The van der Waals surface area contributed by atoms with Gasteiger partial charge in [-0.25, -0.2) is 19.2 Å². The van der Waals surface area contributed by atoms with Crippen LogP contribution in [0.15, 0.2) is 121 Å². The topological polar surface area (TPSA) is 206 Å².